The molecule has 0 aromatic heterocycles. The van der Waals surface area contributed by atoms with Gasteiger partial charge in [-0.1, -0.05) is 30.3 Å². The van der Waals surface area contributed by atoms with Crippen molar-refractivity contribution in [3.63, 3.8) is 0 Å². The molecule has 24 heavy (non-hydrogen) atoms. The summed E-state index contributed by atoms with van der Waals surface area (Å²) in [6, 6.07) is 9.71. The Balaban J connectivity index is 1.91. The number of ether oxygens (including phenoxy) is 1. The molecule has 0 spiro atoms. The summed E-state index contributed by atoms with van der Waals surface area (Å²) in [6.07, 6.45) is 2.82. The van der Waals surface area contributed by atoms with Crippen LogP contribution in [-0.4, -0.2) is 41.6 Å². The molecule has 1 heterocycles. The number of carbonyl (C=O) groups is 2. The molecule has 5 heteroatoms. The van der Waals surface area contributed by atoms with Crippen molar-refractivity contribution in [2.24, 2.45) is 0 Å². The van der Waals surface area contributed by atoms with Gasteiger partial charge in [0, 0.05) is 19.1 Å². The van der Waals surface area contributed by atoms with E-state index < -0.39 is 11.7 Å². The lowest BCUT2D eigenvalue weighted by Gasteiger charge is -2.27. The second-order valence-corrected chi connectivity index (χ2v) is 7.34. The van der Waals surface area contributed by atoms with Gasteiger partial charge in [-0.2, -0.15) is 0 Å². The highest BCUT2D eigenvalue weighted by atomic mass is 16.6. The van der Waals surface area contributed by atoms with Crippen LogP contribution in [0.4, 0.5) is 4.79 Å². The van der Waals surface area contributed by atoms with E-state index in [1.807, 2.05) is 56.0 Å². The summed E-state index contributed by atoms with van der Waals surface area (Å²) < 4.78 is 5.32. The zero-order valence-electron chi connectivity index (χ0n) is 14.9. The van der Waals surface area contributed by atoms with Crippen molar-refractivity contribution in [2.75, 3.05) is 13.1 Å². The standard InChI is InChI=1S/C19H28N2O3/c1-19(2,3)24-18(23)20-16-11-7-8-12-21(14-16)17(22)13-15-9-5-4-6-10-15/h4-6,9-10,16H,7-8,11-14H2,1-3H3,(H,20,23). The molecule has 1 aromatic rings. The molecule has 1 atom stereocenters. The van der Waals surface area contributed by atoms with Gasteiger partial charge in [0.2, 0.25) is 5.91 Å². The van der Waals surface area contributed by atoms with E-state index in [1.54, 1.807) is 0 Å². The number of nitrogens with zero attached hydrogens (tertiary/aromatic N) is 1. The molecule has 0 bridgehead atoms. The van der Waals surface area contributed by atoms with Gasteiger partial charge in [0.25, 0.3) is 0 Å². The summed E-state index contributed by atoms with van der Waals surface area (Å²) in [6.45, 7) is 6.82. The fourth-order valence-electron chi connectivity index (χ4n) is 2.84. The highest BCUT2D eigenvalue weighted by Crippen LogP contribution is 2.14. The molecule has 0 radical (unpaired) electrons. The summed E-state index contributed by atoms with van der Waals surface area (Å²) in [5.41, 5.74) is 0.501. The summed E-state index contributed by atoms with van der Waals surface area (Å²) in [5.74, 6) is 0.110. The van der Waals surface area contributed by atoms with E-state index in [1.165, 1.54) is 0 Å². The molecule has 0 aliphatic carbocycles. The minimum Gasteiger partial charge on any atom is -0.444 e. The predicted octanol–water partition coefficient (Wildman–Crippen LogP) is 3.13. The first kappa shape index (κ1) is 18.3. The predicted molar refractivity (Wildman–Crippen MR) is 93.7 cm³/mol. The zero-order valence-corrected chi connectivity index (χ0v) is 14.9. The minimum absolute atomic E-state index is 0.0536. The van der Waals surface area contributed by atoms with Crippen LogP contribution in [0.1, 0.15) is 45.6 Å². The van der Waals surface area contributed by atoms with Crippen LogP contribution in [0.15, 0.2) is 30.3 Å². The van der Waals surface area contributed by atoms with Gasteiger partial charge >= 0.3 is 6.09 Å². The first-order valence-electron chi connectivity index (χ1n) is 8.65. The molecule has 2 amide bonds. The highest BCUT2D eigenvalue weighted by Gasteiger charge is 2.25. The Hall–Kier alpha value is -2.04. The van der Waals surface area contributed by atoms with E-state index in [4.69, 9.17) is 4.74 Å². The summed E-state index contributed by atoms with van der Waals surface area (Å²) in [4.78, 5) is 26.4. The molecule has 1 N–H and O–H groups in total. The summed E-state index contributed by atoms with van der Waals surface area (Å²) >= 11 is 0. The first-order valence-corrected chi connectivity index (χ1v) is 8.65. The monoisotopic (exact) mass is 332 g/mol. The van der Waals surface area contributed by atoms with E-state index in [9.17, 15) is 9.59 Å². The molecule has 1 aliphatic heterocycles. The van der Waals surface area contributed by atoms with Crippen molar-refractivity contribution in [1.29, 1.82) is 0 Å². The Bertz CT molecular complexity index is 551. The molecule has 2 rings (SSSR count). The van der Waals surface area contributed by atoms with E-state index in [0.29, 0.717) is 13.0 Å². The number of benzene rings is 1. The Morgan fingerprint density at radius 3 is 2.58 bits per heavy atom. The fraction of sp³-hybridized carbons (Fsp3) is 0.579. The maximum absolute atomic E-state index is 12.6. The summed E-state index contributed by atoms with van der Waals surface area (Å²) in [5, 5.41) is 2.91. The van der Waals surface area contributed by atoms with Crippen molar-refractivity contribution >= 4 is 12.0 Å². The maximum Gasteiger partial charge on any atom is 0.407 e. The second-order valence-electron chi connectivity index (χ2n) is 7.34. The minimum atomic E-state index is -0.516. The lowest BCUT2D eigenvalue weighted by Crippen LogP contribution is -2.46. The average Bonchev–Trinajstić information content (AvgIpc) is 2.72. The van der Waals surface area contributed by atoms with E-state index in [2.05, 4.69) is 5.32 Å². The Morgan fingerprint density at radius 1 is 1.21 bits per heavy atom. The molecule has 0 saturated carbocycles. The summed E-state index contributed by atoms with van der Waals surface area (Å²) in [7, 11) is 0. The lowest BCUT2D eigenvalue weighted by molar-refractivity contribution is -0.130. The fourth-order valence-corrected chi connectivity index (χ4v) is 2.84. The third-order valence-corrected chi connectivity index (χ3v) is 3.94. The number of likely N-dealkylation sites (tertiary alicyclic amines) is 1. The smallest absolute Gasteiger partial charge is 0.407 e. The second kappa shape index (κ2) is 8.18. The molecule has 1 fully saturated rings. The van der Waals surface area contributed by atoms with E-state index in [-0.39, 0.29) is 11.9 Å². The van der Waals surface area contributed by atoms with Gasteiger partial charge in [-0.25, -0.2) is 4.79 Å². The zero-order chi connectivity index (χ0) is 17.6. The van der Waals surface area contributed by atoms with Crippen LogP contribution in [0, 0.1) is 0 Å². The van der Waals surface area contributed by atoms with Gasteiger partial charge in [-0.15, -0.1) is 0 Å². The van der Waals surface area contributed by atoms with Gasteiger partial charge in [-0.3, -0.25) is 4.79 Å². The molecule has 1 aliphatic rings. The van der Waals surface area contributed by atoms with Crippen LogP contribution in [0.25, 0.3) is 0 Å². The number of alkyl carbamates (subject to hydrolysis) is 1. The molecular weight excluding hydrogens is 304 g/mol. The molecule has 1 aromatic carbocycles. The SMILES string of the molecule is CC(C)(C)OC(=O)NC1CCCCN(C(=O)Cc2ccccc2)C1. The van der Waals surface area contributed by atoms with Crippen molar-refractivity contribution in [2.45, 2.75) is 58.1 Å². The molecule has 1 unspecified atom stereocenters. The number of amides is 2. The van der Waals surface area contributed by atoms with E-state index >= 15 is 0 Å². The van der Waals surface area contributed by atoms with Crippen LogP contribution in [0.2, 0.25) is 0 Å². The van der Waals surface area contributed by atoms with Crippen LogP contribution in [0.3, 0.4) is 0 Å². The van der Waals surface area contributed by atoms with Gasteiger partial charge in [-0.05, 0) is 45.6 Å². The molecular formula is C19H28N2O3. The number of hydrogen-bond acceptors (Lipinski definition) is 3. The third-order valence-electron chi connectivity index (χ3n) is 3.94. The largest absolute Gasteiger partial charge is 0.444 e. The van der Waals surface area contributed by atoms with Gasteiger partial charge < -0.3 is 15.0 Å². The first-order chi connectivity index (χ1) is 11.3. The average molecular weight is 332 g/mol. The van der Waals surface area contributed by atoms with Crippen molar-refractivity contribution in [1.82, 2.24) is 10.2 Å². The number of nitrogens with one attached hydrogen (secondary N) is 1. The van der Waals surface area contributed by atoms with Crippen LogP contribution < -0.4 is 5.32 Å². The van der Waals surface area contributed by atoms with Crippen molar-refractivity contribution in [3.05, 3.63) is 35.9 Å². The highest BCUT2D eigenvalue weighted by molar-refractivity contribution is 5.79. The van der Waals surface area contributed by atoms with Crippen molar-refractivity contribution < 1.29 is 14.3 Å². The quantitative estimate of drug-likeness (QED) is 0.925. The Morgan fingerprint density at radius 2 is 1.92 bits per heavy atom. The molecule has 132 valence electrons. The Labute approximate surface area is 144 Å². The normalized spacial score (nSPS) is 18.6. The number of rotatable bonds is 3. The third kappa shape index (κ3) is 6.22. The topological polar surface area (TPSA) is 58.6 Å². The van der Waals surface area contributed by atoms with E-state index in [0.717, 1.165) is 31.4 Å². The lowest BCUT2D eigenvalue weighted by atomic mass is 10.1. The van der Waals surface area contributed by atoms with Crippen molar-refractivity contribution in [3.8, 4) is 0 Å². The van der Waals surface area contributed by atoms with Gasteiger partial charge in [0.15, 0.2) is 0 Å². The molecule has 5 nitrogen and oxygen atoms in total. The number of hydrogen-bond donors (Lipinski definition) is 1. The van der Waals surface area contributed by atoms with Crippen LogP contribution in [0.5, 0.6) is 0 Å². The van der Waals surface area contributed by atoms with Crippen LogP contribution >= 0.6 is 0 Å². The molecule has 1 saturated heterocycles. The van der Waals surface area contributed by atoms with Gasteiger partial charge in [0.1, 0.15) is 5.60 Å². The Kier molecular flexibility index (Phi) is 6.23. The maximum atomic E-state index is 12.6. The van der Waals surface area contributed by atoms with Crippen LogP contribution in [-0.2, 0) is 16.0 Å². The number of carbonyl (C=O) groups excluding carboxylic acids is 2. The van der Waals surface area contributed by atoms with Gasteiger partial charge in [0.05, 0.1) is 6.42 Å².